The Kier molecular flexibility index (Phi) is 7.97. The van der Waals surface area contributed by atoms with Crippen LogP contribution in [0, 0.1) is 10.1 Å². The van der Waals surface area contributed by atoms with Crippen LogP contribution in [0.15, 0.2) is 42.5 Å². The number of nitro groups is 1. The van der Waals surface area contributed by atoms with Crippen molar-refractivity contribution in [1.82, 2.24) is 5.32 Å². The van der Waals surface area contributed by atoms with Crippen LogP contribution in [0.4, 0.5) is 5.69 Å². The van der Waals surface area contributed by atoms with Gasteiger partial charge in [-0.1, -0.05) is 23.7 Å². The number of hydrogen-bond donors (Lipinski definition) is 1. The van der Waals surface area contributed by atoms with Gasteiger partial charge in [0.05, 0.1) is 41.2 Å². The Bertz CT molecular complexity index is 885. The zero-order chi connectivity index (χ0) is 21.4. The number of carbonyl (C=O) groups excluding carboxylic acids is 2. The van der Waals surface area contributed by atoms with Crippen LogP contribution in [-0.4, -0.2) is 30.0 Å². The number of amides is 1. The minimum absolute atomic E-state index is 0.0549. The second-order valence-corrected chi connectivity index (χ2v) is 6.37. The van der Waals surface area contributed by atoms with Gasteiger partial charge in [0.15, 0.2) is 0 Å². The molecule has 0 aliphatic rings. The van der Waals surface area contributed by atoms with E-state index in [4.69, 9.17) is 21.1 Å². The second kappa shape index (κ2) is 10.4. The molecule has 1 atom stereocenters. The molecule has 0 saturated carbocycles. The Morgan fingerprint density at radius 3 is 2.41 bits per heavy atom. The van der Waals surface area contributed by atoms with Crippen molar-refractivity contribution in [3.8, 4) is 5.75 Å². The molecule has 1 N–H and O–H groups in total. The molecule has 9 heteroatoms. The molecule has 0 heterocycles. The molecule has 29 heavy (non-hydrogen) atoms. The minimum Gasteiger partial charge on any atom is -0.494 e. The summed E-state index contributed by atoms with van der Waals surface area (Å²) >= 11 is 6.04. The molecular weight excluding hydrogens is 400 g/mol. The van der Waals surface area contributed by atoms with Gasteiger partial charge in [0.25, 0.3) is 11.6 Å². The summed E-state index contributed by atoms with van der Waals surface area (Å²) in [5, 5.41) is 13.8. The first kappa shape index (κ1) is 22.2. The number of ether oxygens (including phenoxy) is 2. The molecule has 0 fully saturated rings. The fourth-order valence-electron chi connectivity index (χ4n) is 2.64. The predicted octanol–water partition coefficient (Wildman–Crippen LogP) is 4.07. The van der Waals surface area contributed by atoms with Gasteiger partial charge in [0, 0.05) is 12.1 Å². The number of carbonyl (C=O) groups is 2. The highest BCUT2D eigenvalue weighted by Crippen LogP contribution is 2.25. The van der Waals surface area contributed by atoms with E-state index in [9.17, 15) is 19.7 Å². The lowest BCUT2D eigenvalue weighted by Gasteiger charge is -2.19. The van der Waals surface area contributed by atoms with Gasteiger partial charge in [0.2, 0.25) is 0 Å². The molecule has 0 aliphatic carbocycles. The van der Waals surface area contributed by atoms with Crippen molar-refractivity contribution in [2.45, 2.75) is 26.3 Å². The van der Waals surface area contributed by atoms with Gasteiger partial charge in [0.1, 0.15) is 5.75 Å². The average molecular weight is 421 g/mol. The number of nitrogens with one attached hydrogen (secondary N) is 1. The first-order valence-electron chi connectivity index (χ1n) is 8.98. The lowest BCUT2D eigenvalue weighted by Crippen LogP contribution is -2.31. The largest absolute Gasteiger partial charge is 0.494 e. The summed E-state index contributed by atoms with van der Waals surface area (Å²) in [6.45, 7) is 4.26. The van der Waals surface area contributed by atoms with E-state index in [-0.39, 0.29) is 29.3 Å². The number of halogens is 1. The SMILES string of the molecule is CCOC(=O)C[C@H](NC(=O)c1cc([N+](=O)[O-])ccc1Cl)c1ccc(OCC)cc1. The van der Waals surface area contributed by atoms with Gasteiger partial charge in [-0.3, -0.25) is 19.7 Å². The normalized spacial score (nSPS) is 11.4. The van der Waals surface area contributed by atoms with Crippen LogP contribution in [0.5, 0.6) is 5.75 Å². The Morgan fingerprint density at radius 2 is 1.83 bits per heavy atom. The zero-order valence-corrected chi connectivity index (χ0v) is 16.8. The molecular formula is C20H21ClN2O6. The molecule has 2 rings (SSSR count). The van der Waals surface area contributed by atoms with E-state index < -0.39 is 22.8 Å². The first-order valence-corrected chi connectivity index (χ1v) is 9.36. The highest BCUT2D eigenvalue weighted by molar-refractivity contribution is 6.34. The van der Waals surface area contributed by atoms with Crippen LogP contribution in [0.2, 0.25) is 5.02 Å². The van der Waals surface area contributed by atoms with Gasteiger partial charge in [-0.25, -0.2) is 0 Å². The van der Waals surface area contributed by atoms with Crippen molar-refractivity contribution in [2.75, 3.05) is 13.2 Å². The highest BCUT2D eigenvalue weighted by atomic mass is 35.5. The third-order valence-corrected chi connectivity index (χ3v) is 4.31. The number of nitrogens with zero attached hydrogens (tertiary/aromatic N) is 1. The van der Waals surface area contributed by atoms with E-state index in [1.807, 2.05) is 6.92 Å². The molecule has 0 radical (unpaired) electrons. The summed E-state index contributed by atoms with van der Waals surface area (Å²) in [6.07, 6.45) is -0.111. The lowest BCUT2D eigenvalue weighted by atomic mass is 10.0. The van der Waals surface area contributed by atoms with E-state index in [2.05, 4.69) is 5.32 Å². The Morgan fingerprint density at radius 1 is 1.14 bits per heavy atom. The molecule has 8 nitrogen and oxygen atoms in total. The van der Waals surface area contributed by atoms with Crippen molar-refractivity contribution in [3.63, 3.8) is 0 Å². The van der Waals surface area contributed by atoms with Gasteiger partial charge >= 0.3 is 5.97 Å². The van der Waals surface area contributed by atoms with Crippen LogP contribution in [0.1, 0.15) is 42.2 Å². The standard InChI is InChI=1S/C20H21ClN2O6/c1-3-28-15-8-5-13(6-9-15)18(12-19(24)29-4-2)22-20(25)16-11-14(23(26)27)7-10-17(16)21/h5-11,18H,3-4,12H2,1-2H3,(H,22,25)/t18-/m0/s1. The maximum Gasteiger partial charge on any atom is 0.308 e. The summed E-state index contributed by atoms with van der Waals surface area (Å²) in [6, 6.07) is 9.78. The van der Waals surface area contributed by atoms with Crippen molar-refractivity contribution in [2.24, 2.45) is 0 Å². The number of rotatable bonds is 9. The van der Waals surface area contributed by atoms with Crippen LogP contribution in [-0.2, 0) is 9.53 Å². The molecule has 0 saturated heterocycles. The molecule has 2 aromatic carbocycles. The van der Waals surface area contributed by atoms with Crippen LogP contribution in [0.3, 0.4) is 0 Å². The Hall–Kier alpha value is -3.13. The van der Waals surface area contributed by atoms with E-state index in [1.54, 1.807) is 31.2 Å². The molecule has 1 amide bonds. The summed E-state index contributed by atoms with van der Waals surface area (Å²) in [7, 11) is 0. The summed E-state index contributed by atoms with van der Waals surface area (Å²) in [5.74, 6) is -0.474. The minimum atomic E-state index is -0.715. The van der Waals surface area contributed by atoms with Crippen molar-refractivity contribution < 1.29 is 24.0 Å². The maximum absolute atomic E-state index is 12.7. The highest BCUT2D eigenvalue weighted by Gasteiger charge is 2.23. The van der Waals surface area contributed by atoms with Gasteiger partial charge in [-0.15, -0.1) is 0 Å². The van der Waals surface area contributed by atoms with Crippen molar-refractivity contribution in [1.29, 1.82) is 0 Å². The Labute approximate surface area is 172 Å². The van der Waals surface area contributed by atoms with E-state index in [0.717, 1.165) is 6.07 Å². The molecule has 0 unspecified atom stereocenters. The number of non-ortho nitro benzene ring substituents is 1. The zero-order valence-electron chi connectivity index (χ0n) is 16.0. The number of nitro benzene ring substituents is 1. The van der Waals surface area contributed by atoms with Crippen molar-refractivity contribution >= 4 is 29.2 Å². The molecule has 0 aromatic heterocycles. The molecule has 2 aromatic rings. The summed E-state index contributed by atoms with van der Waals surface area (Å²) in [4.78, 5) is 35.1. The predicted molar refractivity (Wildman–Crippen MR) is 107 cm³/mol. The molecule has 0 bridgehead atoms. The van der Waals surface area contributed by atoms with Gasteiger partial charge < -0.3 is 14.8 Å². The van der Waals surface area contributed by atoms with E-state index in [0.29, 0.717) is 17.9 Å². The van der Waals surface area contributed by atoms with Crippen LogP contribution in [0.25, 0.3) is 0 Å². The third-order valence-electron chi connectivity index (χ3n) is 3.98. The fourth-order valence-corrected chi connectivity index (χ4v) is 2.84. The lowest BCUT2D eigenvalue weighted by molar-refractivity contribution is -0.384. The second-order valence-electron chi connectivity index (χ2n) is 5.96. The van der Waals surface area contributed by atoms with Gasteiger partial charge in [-0.05, 0) is 37.6 Å². The topological polar surface area (TPSA) is 108 Å². The molecule has 154 valence electrons. The van der Waals surface area contributed by atoms with E-state index >= 15 is 0 Å². The smallest absolute Gasteiger partial charge is 0.308 e. The average Bonchev–Trinajstić information content (AvgIpc) is 2.68. The third kappa shape index (κ3) is 6.18. The molecule has 0 aliphatic heterocycles. The number of benzene rings is 2. The van der Waals surface area contributed by atoms with Gasteiger partial charge in [-0.2, -0.15) is 0 Å². The maximum atomic E-state index is 12.7. The Balaban J connectivity index is 2.29. The van der Waals surface area contributed by atoms with E-state index in [1.165, 1.54) is 12.1 Å². The fraction of sp³-hybridized carbons (Fsp3) is 0.300. The monoisotopic (exact) mass is 420 g/mol. The van der Waals surface area contributed by atoms with Crippen LogP contribution >= 0.6 is 11.6 Å². The molecule has 0 spiro atoms. The van der Waals surface area contributed by atoms with Crippen LogP contribution < -0.4 is 10.1 Å². The number of esters is 1. The number of hydrogen-bond acceptors (Lipinski definition) is 6. The first-order chi connectivity index (χ1) is 13.8. The summed E-state index contributed by atoms with van der Waals surface area (Å²) < 4.78 is 10.4. The van der Waals surface area contributed by atoms with Crippen molar-refractivity contribution in [3.05, 3.63) is 68.7 Å². The summed E-state index contributed by atoms with van der Waals surface area (Å²) in [5.41, 5.74) is 0.333. The quantitative estimate of drug-likeness (QED) is 0.372.